The minimum atomic E-state index is -0.0657. The summed E-state index contributed by atoms with van der Waals surface area (Å²) < 4.78 is 0. The molecular weight excluding hydrogens is 222 g/mol. The number of benzene rings is 1. The number of rotatable bonds is 1. The number of carbonyl (C=O) groups is 1. The van der Waals surface area contributed by atoms with E-state index in [0.29, 0.717) is 0 Å². The number of fused-ring (bicyclic) bond motifs is 1. The van der Waals surface area contributed by atoms with Crippen LogP contribution in [0.4, 0.5) is 0 Å². The number of hydrogen-bond donors (Lipinski definition) is 3. The van der Waals surface area contributed by atoms with Gasteiger partial charge in [0.25, 0.3) is 0 Å². The van der Waals surface area contributed by atoms with Crippen LogP contribution >= 0.6 is 12.2 Å². The molecule has 5 heteroatoms. The zero-order chi connectivity index (χ0) is 11.5. The van der Waals surface area contributed by atoms with E-state index in [1.165, 1.54) is 11.1 Å². The predicted molar refractivity (Wildman–Crippen MR) is 65.4 cm³/mol. The minimum absolute atomic E-state index is 0.0285. The highest BCUT2D eigenvalue weighted by Crippen LogP contribution is 2.26. The Balaban J connectivity index is 1.96. The van der Waals surface area contributed by atoms with Crippen molar-refractivity contribution in [3.63, 3.8) is 0 Å². The van der Waals surface area contributed by atoms with E-state index in [0.717, 1.165) is 12.8 Å². The molecule has 1 aliphatic carbocycles. The summed E-state index contributed by atoms with van der Waals surface area (Å²) in [5.41, 5.74) is 12.7. The second kappa shape index (κ2) is 4.49. The van der Waals surface area contributed by atoms with E-state index in [1.54, 1.807) is 0 Å². The first-order valence-electron chi connectivity index (χ1n) is 5.09. The van der Waals surface area contributed by atoms with Gasteiger partial charge in [-0.25, -0.2) is 0 Å². The zero-order valence-electron chi connectivity index (χ0n) is 8.69. The molecule has 0 bridgehead atoms. The van der Waals surface area contributed by atoms with Gasteiger partial charge in [-0.1, -0.05) is 24.3 Å². The summed E-state index contributed by atoms with van der Waals surface area (Å²) in [7, 11) is 0. The van der Waals surface area contributed by atoms with Gasteiger partial charge in [-0.3, -0.25) is 15.6 Å². The molecular formula is C11H13N3OS. The van der Waals surface area contributed by atoms with Crippen LogP contribution in [0.1, 0.15) is 11.1 Å². The molecule has 1 aromatic rings. The van der Waals surface area contributed by atoms with E-state index in [1.807, 2.05) is 12.1 Å². The highest BCUT2D eigenvalue weighted by Gasteiger charge is 2.26. The van der Waals surface area contributed by atoms with E-state index in [-0.39, 0.29) is 16.9 Å². The first kappa shape index (κ1) is 10.9. The second-order valence-corrected chi connectivity index (χ2v) is 4.29. The van der Waals surface area contributed by atoms with Crippen LogP contribution in [0.2, 0.25) is 0 Å². The maximum absolute atomic E-state index is 11.7. The van der Waals surface area contributed by atoms with Gasteiger partial charge in [0, 0.05) is 5.92 Å². The Labute approximate surface area is 99.2 Å². The Kier molecular flexibility index (Phi) is 3.05. The molecule has 0 aliphatic heterocycles. The summed E-state index contributed by atoms with van der Waals surface area (Å²) in [6.45, 7) is 0. The molecule has 0 heterocycles. The van der Waals surface area contributed by atoms with Crippen molar-refractivity contribution < 1.29 is 4.79 Å². The van der Waals surface area contributed by atoms with Gasteiger partial charge in [-0.2, -0.15) is 0 Å². The van der Waals surface area contributed by atoms with E-state index in [9.17, 15) is 4.79 Å². The van der Waals surface area contributed by atoms with Crippen molar-refractivity contribution in [2.24, 2.45) is 11.7 Å². The van der Waals surface area contributed by atoms with Crippen molar-refractivity contribution in [2.45, 2.75) is 12.8 Å². The van der Waals surface area contributed by atoms with Gasteiger partial charge in [-0.05, 0) is 36.2 Å². The van der Waals surface area contributed by atoms with Crippen LogP contribution in [0.15, 0.2) is 24.3 Å². The SMILES string of the molecule is NC(=S)NNC(=O)C1Cc2ccccc2C1. The summed E-state index contributed by atoms with van der Waals surface area (Å²) >= 11 is 4.61. The molecule has 1 aromatic carbocycles. The molecule has 16 heavy (non-hydrogen) atoms. The van der Waals surface area contributed by atoms with Crippen molar-refractivity contribution >= 4 is 23.2 Å². The molecule has 1 aliphatic rings. The molecule has 0 unspecified atom stereocenters. The summed E-state index contributed by atoms with van der Waals surface area (Å²) in [4.78, 5) is 11.7. The zero-order valence-corrected chi connectivity index (χ0v) is 9.51. The number of carbonyl (C=O) groups excluding carboxylic acids is 1. The summed E-state index contributed by atoms with van der Waals surface area (Å²) in [5, 5.41) is 0.0730. The monoisotopic (exact) mass is 235 g/mol. The van der Waals surface area contributed by atoms with Gasteiger partial charge in [0.2, 0.25) is 5.91 Å². The molecule has 84 valence electrons. The second-order valence-electron chi connectivity index (χ2n) is 3.85. The first-order chi connectivity index (χ1) is 7.66. The van der Waals surface area contributed by atoms with Crippen LogP contribution < -0.4 is 16.6 Å². The number of nitrogens with two attached hydrogens (primary N) is 1. The fourth-order valence-electron chi connectivity index (χ4n) is 1.97. The fraction of sp³-hybridized carbons (Fsp3) is 0.273. The highest BCUT2D eigenvalue weighted by atomic mass is 32.1. The van der Waals surface area contributed by atoms with Crippen molar-refractivity contribution in [3.05, 3.63) is 35.4 Å². The van der Waals surface area contributed by atoms with Crippen LogP contribution in [0.25, 0.3) is 0 Å². The third-order valence-corrected chi connectivity index (χ3v) is 2.83. The molecule has 0 saturated carbocycles. The van der Waals surface area contributed by atoms with Crippen molar-refractivity contribution in [1.82, 2.24) is 10.9 Å². The molecule has 0 spiro atoms. The number of amides is 1. The molecule has 4 N–H and O–H groups in total. The Morgan fingerprint density at radius 3 is 2.31 bits per heavy atom. The Bertz CT molecular complexity index is 408. The van der Waals surface area contributed by atoms with E-state index in [4.69, 9.17) is 5.73 Å². The molecule has 0 radical (unpaired) electrons. The summed E-state index contributed by atoms with van der Waals surface area (Å²) in [6, 6.07) is 8.10. The predicted octanol–water partition coefficient (Wildman–Crippen LogP) is 0.266. The van der Waals surface area contributed by atoms with Gasteiger partial charge in [-0.15, -0.1) is 0 Å². The first-order valence-corrected chi connectivity index (χ1v) is 5.49. The Morgan fingerprint density at radius 1 is 1.25 bits per heavy atom. The van der Waals surface area contributed by atoms with E-state index >= 15 is 0 Å². The van der Waals surface area contributed by atoms with Crippen molar-refractivity contribution in [3.8, 4) is 0 Å². The lowest BCUT2D eigenvalue weighted by Crippen LogP contribution is -2.46. The molecule has 0 saturated heterocycles. The molecule has 0 atom stereocenters. The molecule has 4 nitrogen and oxygen atoms in total. The van der Waals surface area contributed by atoms with Crippen LogP contribution in [0.5, 0.6) is 0 Å². The molecule has 2 rings (SSSR count). The Morgan fingerprint density at radius 2 is 1.81 bits per heavy atom. The molecule has 0 fully saturated rings. The van der Waals surface area contributed by atoms with Gasteiger partial charge in [0.15, 0.2) is 5.11 Å². The van der Waals surface area contributed by atoms with Crippen LogP contribution in [0.3, 0.4) is 0 Å². The lowest BCUT2D eigenvalue weighted by Gasteiger charge is -2.10. The van der Waals surface area contributed by atoms with Crippen LogP contribution in [-0.4, -0.2) is 11.0 Å². The largest absolute Gasteiger partial charge is 0.375 e. The van der Waals surface area contributed by atoms with Gasteiger partial charge in [0.1, 0.15) is 0 Å². The lowest BCUT2D eigenvalue weighted by molar-refractivity contribution is -0.125. The third kappa shape index (κ3) is 2.30. The van der Waals surface area contributed by atoms with Crippen molar-refractivity contribution in [1.29, 1.82) is 0 Å². The van der Waals surface area contributed by atoms with E-state index in [2.05, 4.69) is 35.2 Å². The smallest absolute Gasteiger partial charge is 0.242 e. The summed E-state index contributed by atoms with van der Waals surface area (Å²) in [6.07, 6.45) is 1.56. The normalized spacial score (nSPS) is 14.2. The van der Waals surface area contributed by atoms with Gasteiger partial charge >= 0.3 is 0 Å². The third-order valence-electron chi connectivity index (χ3n) is 2.73. The average molecular weight is 235 g/mol. The van der Waals surface area contributed by atoms with Crippen molar-refractivity contribution in [2.75, 3.05) is 0 Å². The molecule has 1 amide bonds. The number of hydrogen-bond acceptors (Lipinski definition) is 2. The minimum Gasteiger partial charge on any atom is -0.375 e. The quantitative estimate of drug-likeness (QED) is 0.483. The van der Waals surface area contributed by atoms with Gasteiger partial charge < -0.3 is 5.73 Å². The fourth-order valence-corrected chi connectivity index (χ4v) is 2.02. The topological polar surface area (TPSA) is 67.2 Å². The van der Waals surface area contributed by atoms with E-state index < -0.39 is 0 Å². The number of hydrazine groups is 1. The maximum atomic E-state index is 11.7. The maximum Gasteiger partial charge on any atom is 0.242 e. The highest BCUT2D eigenvalue weighted by molar-refractivity contribution is 7.80. The Hall–Kier alpha value is -1.62. The van der Waals surface area contributed by atoms with Crippen LogP contribution in [-0.2, 0) is 17.6 Å². The standard InChI is InChI=1S/C11H13N3OS/c12-11(16)14-13-10(15)9-5-7-3-1-2-4-8(7)6-9/h1-4,9H,5-6H2,(H,13,15)(H3,12,14,16). The lowest BCUT2D eigenvalue weighted by atomic mass is 10.1. The van der Waals surface area contributed by atoms with Gasteiger partial charge in [0.05, 0.1) is 0 Å². The number of thiocarbonyl (C=S) groups is 1. The van der Waals surface area contributed by atoms with Crippen LogP contribution in [0, 0.1) is 5.92 Å². The molecule has 0 aromatic heterocycles. The summed E-state index contributed by atoms with van der Waals surface area (Å²) in [5.74, 6) is -0.0942. The number of nitrogens with one attached hydrogen (secondary N) is 2. The average Bonchev–Trinajstić information content (AvgIpc) is 2.69.